The summed E-state index contributed by atoms with van der Waals surface area (Å²) in [6, 6.07) is 0. The van der Waals surface area contributed by atoms with Crippen molar-refractivity contribution in [2.24, 2.45) is 5.92 Å². The van der Waals surface area contributed by atoms with E-state index in [0.717, 1.165) is 6.42 Å². The third-order valence-corrected chi connectivity index (χ3v) is 2.04. The van der Waals surface area contributed by atoms with Crippen LogP contribution in [-0.2, 0) is 14.2 Å². The summed E-state index contributed by atoms with van der Waals surface area (Å²) >= 11 is 0. The van der Waals surface area contributed by atoms with E-state index in [-0.39, 0.29) is 6.61 Å². The van der Waals surface area contributed by atoms with Crippen molar-refractivity contribution in [2.45, 2.75) is 33.3 Å². The molecule has 0 aromatic heterocycles. The van der Waals surface area contributed by atoms with Gasteiger partial charge in [-0.2, -0.15) is 0 Å². The Balaban J connectivity index is 3.08. The molecule has 0 aliphatic rings. The van der Waals surface area contributed by atoms with Gasteiger partial charge in [-0.15, -0.1) is 0 Å². The van der Waals surface area contributed by atoms with Gasteiger partial charge in [0.25, 0.3) is 0 Å². The van der Waals surface area contributed by atoms with Gasteiger partial charge in [0.15, 0.2) is 0 Å². The predicted octanol–water partition coefficient (Wildman–Crippen LogP) is 1.46. The highest BCUT2D eigenvalue weighted by Gasteiger charge is 2.04. The first-order chi connectivity index (χ1) is 7.66. The monoisotopic (exact) mass is 234 g/mol. The van der Waals surface area contributed by atoms with E-state index in [1.807, 2.05) is 0 Å². The second-order valence-electron chi connectivity index (χ2n) is 4.26. The first-order valence-electron chi connectivity index (χ1n) is 6.04. The van der Waals surface area contributed by atoms with E-state index in [9.17, 15) is 0 Å². The van der Waals surface area contributed by atoms with E-state index in [0.29, 0.717) is 45.1 Å². The van der Waals surface area contributed by atoms with Crippen LogP contribution in [0.25, 0.3) is 0 Å². The minimum absolute atomic E-state index is 0.0653. The Bertz CT molecular complexity index is 139. The third-order valence-electron chi connectivity index (χ3n) is 2.04. The van der Waals surface area contributed by atoms with E-state index < -0.39 is 0 Å². The van der Waals surface area contributed by atoms with Crippen LogP contribution in [0.3, 0.4) is 0 Å². The Labute approximate surface area is 98.9 Å². The van der Waals surface area contributed by atoms with Gasteiger partial charge in [-0.05, 0) is 19.3 Å². The maximum absolute atomic E-state index is 8.45. The lowest BCUT2D eigenvalue weighted by Gasteiger charge is -2.15. The zero-order valence-corrected chi connectivity index (χ0v) is 10.8. The minimum Gasteiger partial charge on any atom is -0.394 e. The average molecular weight is 234 g/mol. The van der Waals surface area contributed by atoms with Gasteiger partial charge in [-0.3, -0.25) is 0 Å². The van der Waals surface area contributed by atoms with Crippen molar-refractivity contribution in [3.05, 3.63) is 0 Å². The number of rotatable bonds is 11. The van der Waals surface area contributed by atoms with Crippen LogP contribution in [0.4, 0.5) is 0 Å². The number of aliphatic hydroxyl groups is 1. The molecule has 98 valence electrons. The molecule has 0 aliphatic heterocycles. The van der Waals surface area contributed by atoms with Crippen molar-refractivity contribution < 1.29 is 19.3 Å². The van der Waals surface area contributed by atoms with E-state index in [1.54, 1.807) is 0 Å². The van der Waals surface area contributed by atoms with Crippen LogP contribution in [0.2, 0.25) is 0 Å². The third kappa shape index (κ3) is 11.9. The molecule has 0 rings (SSSR count). The van der Waals surface area contributed by atoms with Gasteiger partial charge in [0.2, 0.25) is 0 Å². The van der Waals surface area contributed by atoms with Crippen LogP contribution >= 0.6 is 0 Å². The molecule has 1 unspecified atom stereocenters. The van der Waals surface area contributed by atoms with Gasteiger partial charge in [0.05, 0.1) is 45.7 Å². The van der Waals surface area contributed by atoms with E-state index in [2.05, 4.69) is 20.8 Å². The molecule has 0 aromatic carbocycles. The van der Waals surface area contributed by atoms with E-state index >= 15 is 0 Å². The maximum atomic E-state index is 8.45. The molecule has 0 saturated carbocycles. The maximum Gasteiger partial charge on any atom is 0.0704 e. The topological polar surface area (TPSA) is 47.9 Å². The van der Waals surface area contributed by atoms with Crippen molar-refractivity contribution in [2.75, 3.05) is 39.6 Å². The van der Waals surface area contributed by atoms with Crippen LogP contribution in [0.15, 0.2) is 0 Å². The summed E-state index contributed by atoms with van der Waals surface area (Å²) in [6.45, 7) is 9.23. The second kappa shape index (κ2) is 11.3. The van der Waals surface area contributed by atoms with Crippen molar-refractivity contribution in [1.82, 2.24) is 0 Å². The number of hydrogen-bond donors (Lipinski definition) is 1. The number of ether oxygens (including phenoxy) is 3. The molecule has 0 saturated heterocycles. The summed E-state index contributed by atoms with van der Waals surface area (Å²) < 4.78 is 15.9. The summed E-state index contributed by atoms with van der Waals surface area (Å²) in [5.74, 6) is 0.669. The molecule has 0 aliphatic carbocycles. The van der Waals surface area contributed by atoms with Gasteiger partial charge in [-0.25, -0.2) is 0 Å². The van der Waals surface area contributed by atoms with Gasteiger partial charge in [0, 0.05) is 0 Å². The summed E-state index contributed by atoms with van der Waals surface area (Å²) in [4.78, 5) is 0. The molecule has 16 heavy (non-hydrogen) atoms. The predicted molar refractivity (Wildman–Crippen MR) is 63.6 cm³/mol. The highest BCUT2D eigenvalue weighted by Crippen LogP contribution is 2.06. The van der Waals surface area contributed by atoms with Crippen molar-refractivity contribution in [3.63, 3.8) is 0 Å². The molecule has 0 heterocycles. The number of hydrogen-bond acceptors (Lipinski definition) is 4. The number of aliphatic hydroxyl groups excluding tert-OH is 1. The first kappa shape index (κ1) is 15.8. The van der Waals surface area contributed by atoms with Gasteiger partial charge in [0.1, 0.15) is 0 Å². The lowest BCUT2D eigenvalue weighted by Crippen LogP contribution is -2.16. The summed E-state index contributed by atoms with van der Waals surface area (Å²) in [7, 11) is 0. The lowest BCUT2D eigenvalue weighted by molar-refractivity contribution is -0.0142. The molecule has 0 bridgehead atoms. The van der Waals surface area contributed by atoms with Crippen LogP contribution in [-0.4, -0.2) is 50.9 Å². The Morgan fingerprint density at radius 3 is 2.00 bits per heavy atom. The molecule has 4 nitrogen and oxygen atoms in total. The Morgan fingerprint density at radius 2 is 1.44 bits per heavy atom. The molecule has 0 fully saturated rings. The molecular formula is C12H26O4. The molecule has 0 radical (unpaired) electrons. The smallest absolute Gasteiger partial charge is 0.0704 e. The zero-order valence-electron chi connectivity index (χ0n) is 10.8. The SMILES string of the molecule is CC(C)CC(C)OCCOCCOCCO. The minimum atomic E-state index is 0.0653. The zero-order chi connectivity index (χ0) is 12.2. The average Bonchev–Trinajstić information content (AvgIpc) is 2.21. The van der Waals surface area contributed by atoms with Crippen LogP contribution in [0.5, 0.6) is 0 Å². The standard InChI is InChI=1S/C12H26O4/c1-11(2)10-12(3)16-9-8-15-7-6-14-5-4-13/h11-13H,4-10H2,1-3H3. The molecule has 4 heteroatoms. The molecule has 0 spiro atoms. The van der Waals surface area contributed by atoms with Crippen LogP contribution in [0, 0.1) is 5.92 Å². The van der Waals surface area contributed by atoms with Gasteiger partial charge < -0.3 is 19.3 Å². The van der Waals surface area contributed by atoms with Crippen molar-refractivity contribution in [1.29, 1.82) is 0 Å². The lowest BCUT2D eigenvalue weighted by atomic mass is 10.1. The fourth-order valence-corrected chi connectivity index (χ4v) is 1.43. The second-order valence-corrected chi connectivity index (χ2v) is 4.26. The Kier molecular flexibility index (Phi) is 11.2. The normalized spacial score (nSPS) is 13.3. The van der Waals surface area contributed by atoms with Gasteiger partial charge in [-0.1, -0.05) is 13.8 Å². The highest BCUT2D eigenvalue weighted by molar-refractivity contribution is 4.53. The van der Waals surface area contributed by atoms with Crippen LogP contribution < -0.4 is 0 Å². The molecule has 0 amide bonds. The molecule has 1 atom stereocenters. The van der Waals surface area contributed by atoms with Crippen molar-refractivity contribution >= 4 is 0 Å². The van der Waals surface area contributed by atoms with E-state index in [1.165, 1.54) is 0 Å². The molecular weight excluding hydrogens is 208 g/mol. The summed E-state index contributed by atoms with van der Waals surface area (Å²) in [6.07, 6.45) is 1.38. The fourth-order valence-electron chi connectivity index (χ4n) is 1.43. The summed E-state index contributed by atoms with van der Waals surface area (Å²) in [5, 5.41) is 8.45. The van der Waals surface area contributed by atoms with Gasteiger partial charge >= 0.3 is 0 Å². The van der Waals surface area contributed by atoms with Crippen molar-refractivity contribution in [3.8, 4) is 0 Å². The van der Waals surface area contributed by atoms with Crippen LogP contribution in [0.1, 0.15) is 27.2 Å². The largest absolute Gasteiger partial charge is 0.394 e. The molecule has 1 N–H and O–H groups in total. The molecule has 0 aromatic rings. The highest BCUT2D eigenvalue weighted by atomic mass is 16.5. The first-order valence-corrected chi connectivity index (χ1v) is 6.04. The summed E-state index contributed by atoms with van der Waals surface area (Å²) in [5.41, 5.74) is 0. The quantitative estimate of drug-likeness (QED) is 0.550. The Hall–Kier alpha value is -0.160. The fraction of sp³-hybridized carbons (Fsp3) is 1.00. The Morgan fingerprint density at radius 1 is 0.875 bits per heavy atom. The van der Waals surface area contributed by atoms with E-state index in [4.69, 9.17) is 19.3 Å².